The highest BCUT2D eigenvalue weighted by molar-refractivity contribution is 5.83. The van der Waals surface area contributed by atoms with E-state index in [9.17, 15) is 9.90 Å². The van der Waals surface area contributed by atoms with Crippen LogP contribution in [0.1, 0.15) is 87.9 Å². The maximum absolute atomic E-state index is 13.9. The Kier molecular flexibility index (Phi) is 8.07. The Morgan fingerprint density at radius 1 is 0.889 bits per heavy atom. The fraction of sp³-hybridized carbons (Fsp3) is 0.487. The molecule has 4 aromatic rings. The van der Waals surface area contributed by atoms with Gasteiger partial charge in [0, 0.05) is 31.2 Å². The number of nitrogens with zero attached hydrogens (tertiary/aromatic N) is 4. The fourth-order valence-corrected chi connectivity index (χ4v) is 8.98. The third-order valence-electron chi connectivity index (χ3n) is 11.6. The number of amides is 1. The van der Waals surface area contributed by atoms with Gasteiger partial charge in [0.05, 0.1) is 22.6 Å². The molecule has 4 heterocycles. The Hall–Kier alpha value is -3.48. The van der Waals surface area contributed by atoms with Gasteiger partial charge >= 0.3 is 0 Å². The Balaban J connectivity index is 1.05. The van der Waals surface area contributed by atoms with Crippen molar-refractivity contribution in [2.45, 2.75) is 95.4 Å². The quantitative estimate of drug-likeness (QED) is 0.231. The molecule has 236 valence electrons. The summed E-state index contributed by atoms with van der Waals surface area (Å²) in [5.41, 5.74) is 3.74. The van der Waals surface area contributed by atoms with Gasteiger partial charge in [-0.05, 0) is 101 Å². The zero-order chi connectivity index (χ0) is 31.2. The first-order valence-corrected chi connectivity index (χ1v) is 17.0. The molecule has 0 spiro atoms. The van der Waals surface area contributed by atoms with Crippen LogP contribution in [-0.4, -0.2) is 62.1 Å². The van der Waals surface area contributed by atoms with Gasteiger partial charge < -0.3 is 14.6 Å². The van der Waals surface area contributed by atoms with E-state index in [1.165, 1.54) is 36.8 Å². The van der Waals surface area contributed by atoms with Crippen LogP contribution in [0.5, 0.6) is 0 Å². The largest absolute Gasteiger partial charge is 0.387 e. The zero-order valence-electron chi connectivity index (χ0n) is 27.1. The summed E-state index contributed by atoms with van der Waals surface area (Å²) < 4.78 is 2.52. The average molecular weight is 605 g/mol. The van der Waals surface area contributed by atoms with Crippen molar-refractivity contribution in [3.05, 3.63) is 102 Å². The number of piperidine rings is 2. The topological polar surface area (TPSA) is 61.6 Å². The lowest BCUT2D eigenvalue weighted by atomic mass is 9.69. The predicted octanol–water partition coefficient (Wildman–Crippen LogP) is 7.22. The van der Waals surface area contributed by atoms with E-state index in [2.05, 4.69) is 71.0 Å². The standard InChI is InChI=1S/C39H48N4O2/c1-28-40-34-16-10-11-17-35(34)43(28)33-26-31-18-19-32(27-33)42(31)25-22-39(30-14-8-5-9-15-30)20-23-41(24-21-39)37(45)38(2,3)36(44)29-12-6-4-7-13-29/h4-17,31-33,36,44H,18-27H2,1-3H3/t31-,32+,33?,36?. The van der Waals surface area contributed by atoms with Crippen LogP contribution in [0, 0.1) is 12.3 Å². The van der Waals surface area contributed by atoms with Gasteiger partial charge in [-0.3, -0.25) is 9.69 Å². The highest BCUT2D eigenvalue weighted by Gasteiger charge is 2.46. The number of imidazole rings is 1. The van der Waals surface area contributed by atoms with Crippen LogP contribution in [0.15, 0.2) is 84.9 Å². The summed E-state index contributed by atoms with van der Waals surface area (Å²) in [6.45, 7) is 8.49. The van der Waals surface area contributed by atoms with Crippen molar-refractivity contribution in [2.75, 3.05) is 19.6 Å². The number of hydrogen-bond acceptors (Lipinski definition) is 4. The maximum Gasteiger partial charge on any atom is 0.231 e. The molecular formula is C39H48N4O2. The number of aromatic nitrogens is 2. The molecular weight excluding hydrogens is 556 g/mol. The smallest absolute Gasteiger partial charge is 0.231 e. The normalized spacial score (nSPS) is 24.2. The van der Waals surface area contributed by atoms with E-state index in [0.29, 0.717) is 18.1 Å². The van der Waals surface area contributed by atoms with E-state index in [0.717, 1.165) is 55.8 Å². The Labute approximate surface area is 268 Å². The van der Waals surface area contributed by atoms with Crippen molar-refractivity contribution in [2.24, 2.45) is 5.41 Å². The number of carbonyl (C=O) groups is 1. The van der Waals surface area contributed by atoms with Crippen LogP contribution in [0.25, 0.3) is 11.0 Å². The molecule has 0 radical (unpaired) electrons. The second-order valence-electron chi connectivity index (χ2n) is 14.5. The van der Waals surface area contributed by atoms with E-state index < -0.39 is 11.5 Å². The zero-order valence-corrected chi connectivity index (χ0v) is 27.1. The molecule has 3 aliphatic rings. The molecule has 0 aliphatic carbocycles. The number of aliphatic hydroxyl groups is 1. The van der Waals surface area contributed by atoms with Crippen LogP contribution >= 0.6 is 0 Å². The number of aryl methyl sites for hydroxylation is 1. The van der Waals surface area contributed by atoms with Gasteiger partial charge in [0.25, 0.3) is 0 Å². The van der Waals surface area contributed by atoms with Crippen molar-refractivity contribution < 1.29 is 9.90 Å². The minimum Gasteiger partial charge on any atom is -0.387 e. The van der Waals surface area contributed by atoms with Gasteiger partial charge in [-0.15, -0.1) is 0 Å². The summed E-state index contributed by atoms with van der Waals surface area (Å²) in [5, 5.41) is 11.2. The van der Waals surface area contributed by atoms with E-state index in [-0.39, 0.29) is 11.3 Å². The molecule has 1 amide bonds. The number of likely N-dealkylation sites (tertiary alicyclic amines) is 1. The molecule has 2 bridgehead atoms. The third kappa shape index (κ3) is 5.50. The Morgan fingerprint density at radius 3 is 2.16 bits per heavy atom. The van der Waals surface area contributed by atoms with Crippen LogP contribution in [0.3, 0.4) is 0 Å². The first-order valence-electron chi connectivity index (χ1n) is 17.0. The van der Waals surface area contributed by atoms with E-state index in [1.807, 2.05) is 49.1 Å². The highest BCUT2D eigenvalue weighted by atomic mass is 16.3. The van der Waals surface area contributed by atoms with Gasteiger partial charge in [0.15, 0.2) is 0 Å². The molecule has 4 atom stereocenters. The molecule has 3 aliphatic heterocycles. The van der Waals surface area contributed by atoms with Crippen LogP contribution in [0.2, 0.25) is 0 Å². The predicted molar refractivity (Wildman–Crippen MR) is 180 cm³/mol. The number of fused-ring (bicyclic) bond motifs is 3. The SMILES string of the molecule is Cc1nc2ccccc2n1C1C[C@H]2CC[C@@H](C1)N2CCC1(c2ccccc2)CCN(C(=O)C(C)(C)C(O)c2ccccc2)CC1. The lowest BCUT2D eigenvalue weighted by Gasteiger charge is -2.47. The number of aliphatic hydroxyl groups excluding tert-OH is 1. The van der Waals surface area contributed by atoms with Crippen molar-refractivity contribution in [3.63, 3.8) is 0 Å². The maximum atomic E-state index is 13.9. The molecule has 6 nitrogen and oxygen atoms in total. The molecule has 7 rings (SSSR count). The number of carbonyl (C=O) groups excluding carboxylic acids is 1. The summed E-state index contributed by atoms with van der Waals surface area (Å²) in [6.07, 6.45) is 7.13. The van der Waals surface area contributed by atoms with Gasteiger partial charge in [-0.2, -0.15) is 0 Å². The van der Waals surface area contributed by atoms with Crippen LogP contribution in [0.4, 0.5) is 0 Å². The Bertz CT molecular complexity index is 1610. The molecule has 2 unspecified atom stereocenters. The minimum atomic E-state index is -0.892. The van der Waals surface area contributed by atoms with Crippen molar-refractivity contribution in [1.82, 2.24) is 19.4 Å². The average Bonchev–Trinajstić information content (AvgIpc) is 3.54. The molecule has 3 aromatic carbocycles. The third-order valence-corrected chi connectivity index (χ3v) is 11.6. The second kappa shape index (κ2) is 12.0. The van der Waals surface area contributed by atoms with Crippen LogP contribution < -0.4 is 0 Å². The van der Waals surface area contributed by atoms with E-state index in [1.54, 1.807) is 0 Å². The first kappa shape index (κ1) is 30.2. The minimum absolute atomic E-state index is 0.0444. The highest BCUT2D eigenvalue weighted by Crippen LogP contribution is 2.46. The number of rotatable bonds is 8. The molecule has 3 saturated heterocycles. The molecule has 3 fully saturated rings. The lowest BCUT2D eigenvalue weighted by Crippen LogP contribution is -2.52. The fourth-order valence-electron chi connectivity index (χ4n) is 8.98. The number of hydrogen-bond donors (Lipinski definition) is 1. The molecule has 6 heteroatoms. The van der Waals surface area contributed by atoms with Gasteiger partial charge in [0.1, 0.15) is 5.82 Å². The summed E-state index contributed by atoms with van der Waals surface area (Å²) >= 11 is 0. The Morgan fingerprint density at radius 2 is 1.49 bits per heavy atom. The molecule has 45 heavy (non-hydrogen) atoms. The first-order chi connectivity index (χ1) is 21.8. The van der Waals surface area contributed by atoms with E-state index in [4.69, 9.17) is 4.98 Å². The lowest BCUT2D eigenvalue weighted by molar-refractivity contribution is -0.148. The molecule has 0 saturated carbocycles. The van der Waals surface area contributed by atoms with Crippen molar-refractivity contribution in [1.29, 1.82) is 0 Å². The second-order valence-corrected chi connectivity index (χ2v) is 14.5. The van der Waals surface area contributed by atoms with Crippen molar-refractivity contribution in [3.8, 4) is 0 Å². The molecule has 1 aromatic heterocycles. The summed E-state index contributed by atoms with van der Waals surface area (Å²) in [6, 6.07) is 31.0. The van der Waals surface area contributed by atoms with Gasteiger partial charge in [0.2, 0.25) is 5.91 Å². The summed E-state index contributed by atoms with van der Waals surface area (Å²) in [4.78, 5) is 23.6. The van der Waals surface area contributed by atoms with Crippen LogP contribution in [-0.2, 0) is 10.2 Å². The number of para-hydroxylation sites is 2. The molecule has 1 N–H and O–H groups in total. The van der Waals surface area contributed by atoms with E-state index >= 15 is 0 Å². The summed E-state index contributed by atoms with van der Waals surface area (Å²) in [5.74, 6) is 1.18. The van der Waals surface area contributed by atoms with Crippen molar-refractivity contribution >= 4 is 16.9 Å². The van der Waals surface area contributed by atoms with Gasteiger partial charge in [-0.1, -0.05) is 72.8 Å². The van der Waals surface area contributed by atoms with Gasteiger partial charge in [-0.25, -0.2) is 4.98 Å². The number of benzene rings is 3. The monoisotopic (exact) mass is 604 g/mol. The summed E-state index contributed by atoms with van der Waals surface area (Å²) in [7, 11) is 0.